The van der Waals surface area contributed by atoms with Gasteiger partial charge in [0.25, 0.3) is 0 Å². The number of aliphatic hydroxyl groups excluding tert-OH is 1. The smallest absolute Gasteiger partial charge is 0.238 e. The maximum absolute atomic E-state index is 9.37. The van der Waals surface area contributed by atoms with E-state index in [2.05, 4.69) is 10.2 Å². The van der Waals surface area contributed by atoms with Crippen molar-refractivity contribution in [3.05, 3.63) is 11.8 Å². The first-order valence-electron chi connectivity index (χ1n) is 5.46. The third-order valence-corrected chi connectivity index (χ3v) is 2.76. The second-order valence-electron chi connectivity index (χ2n) is 5.52. The van der Waals surface area contributed by atoms with Crippen LogP contribution in [0.25, 0.3) is 0 Å². The van der Waals surface area contributed by atoms with Gasteiger partial charge in [-0.3, -0.25) is 0 Å². The lowest BCUT2D eigenvalue weighted by Crippen LogP contribution is -2.45. The molecule has 0 saturated heterocycles. The van der Waals surface area contributed by atoms with Crippen LogP contribution >= 0.6 is 0 Å². The molecule has 1 aromatic heterocycles. The van der Waals surface area contributed by atoms with Gasteiger partial charge >= 0.3 is 0 Å². The summed E-state index contributed by atoms with van der Waals surface area (Å²) in [5.41, 5.74) is 4.90. The fourth-order valence-electron chi connectivity index (χ4n) is 1.21. The van der Waals surface area contributed by atoms with Gasteiger partial charge in [-0.2, -0.15) is 0 Å². The number of nitrogens with zero attached hydrogens (tertiary/aromatic N) is 2. The van der Waals surface area contributed by atoms with Gasteiger partial charge in [0.2, 0.25) is 11.8 Å². The Morgan fingerprint density at radius 3 is 2.06 bits per heavy atom. The Morgan fingerprint density at radius 1 is 1.25 bits per heavy atom. The third-order valence-electron chi connectivity index (χ3n) is 2.76. The van der Waals surface area contributed by atoms with E-state index < -0.39 is 5.54 Å². The Hall–Kier alpha value is -0.940. The van der Waals surface area contributed by atoms with Gasteiger partial charge in [-0.1, -0.05) is 34.6 Å². The second kappa shape index (κ2) is 4.14. The van der Waals surface area contributed by atoms with E-state index in [4.69, 9.17) is 10.2 Å². The van der Waals surface area contributed by atoms with Crippen molar-refractivity contribution in [1.82, 2.24) is 10.2 Å². The summed E-state index contributed by atoms with van der Waals surface area (Å²) < 4.78 is 5.56. The lowest BCUT2D eigenvalue weighted by Gasteiger charge is -2.27. The minimum atomic E-state index is -0.962. The molecule has 0 saturated carbocycles. The van der Waals surface area contributed by atoms with E-state index in [0.717, 1.165) is 0 Å². The molecule has 5 nitrogen and oxygen atoms in total. The molecule has 0 aliphatic rings. The van der Waals surface area contributed by atoms with E-state index in [1.54, 1.807) is 0 Å². The molecule has 0 bridgehead atoms. The van der Waals surface area contributed by atoms with Gasteiger partial charge in [0.05, 0.1) is 6.61 Å². The zero-order chi connectivity index (χ0) is 12.6. The van der Waals surface area contributed by atoms with Crippen LogP contribution in [-0.4, -0.2) is 21.9 Å². The summed E-state index contributed by atoms with van der Waals surface area (Å²) in [6.45, 7) is 9.56. The van der Waals surface area contributed by atoms with Crippen molar-refractivity contribution in [2.45, 2.75) is 45.6 Å². The number of hydrogen-bond donors (Lipinski definition) is 2. The summed E-state index contributed by atoms with van der Waals surface area (Å²) in [6, 6.07) is 0. The quantitative estimate of drug-likeness (QED) is 0.809. The Morgan fingerprint density at radius 2 is 1.75 bits per heavy atom. The number of aliphatic hydroxyl groups is 1. The Balaban J connectivity index is 3.10. The minimum Gasteiger partial charge on any atom is -0.423 e. The zero-order valence-electron chi connectivity index (χ0n) is 10.6. The third kappa shape index (κ3) is 2.25. The van der Waals surface area contributed by atoms with Gasteiger partial charge in [-0.15, -0.1) is 10.2 Å². The first kappa shape index (κ1) is 13.1. The highest BCUT2D eigenvalue weighted by Crippen LogP contribution is 2.28. The average Bonchev–Trinajstić information content (AvgIpc) is 2.64. The molecule has 0 spiro atoms. The van der Waals surface area contributed by atoms with E-state index in [-0.39, 0.29) is 17.9 Å². The topological polar surface area (TPSA) is 85.2 Å². The second-order valence-corrected chi connectivity index (χ2v) is 5.52. The fraction of sp³-hybridized carbons (Fsp3) is 0.818. The van der Waals surface area contributed by atoms with Crippen molar-refractivity contribution >= 4 is 0 Å². The molecule has 1 rings (SSSR count). The summed E-state index contributed by atoms with van der Waals surface area (Å²) in [5, 5.41) is 17.3. The maximum atomic E-state index is 9.37. The van der Waals surface area contributed by atoms with Crippen LogP contribution < -0.4 is 5.73 Å². The molecule has 1 atom stereocenters. The highest BCUT2D eigenvalue weighted by Gasteiger charge is 2.37. The molecule has 0 amide bonds. The molecule has 0 aliphatic heterocycles. The van der Waals surface area contributed by atoms with E-state index in [9.17, 15) is 5.11 Å². The van der Waals surface area contributed by atoms with E-state index in [0.29, 0.717) is 11.8 Å². The fourth-order valence-corrected chi connectivity index (χ4v) is 1.21. The van der Waals surface area contributed by atoms with Crippen molar-refractivity contribution in [1.29, 1.82) is 0 Å². The van der Waals surface area contributed by atoms with Crippen LogP contribution in [0, 0.1) is 5.92 Å². The Labute approximate surface area is 96.1 Å². The average molecular weight is 227 g/mol. The summed E-state index contributed by atoms with van der Waals surface area (Å²) >= 11 is 0. The van der Waals surface area contributed by atoms with Crippen molar-refractivity contribution < 1.29 is 9.52 Å². The van der Waals surface area contributed by atoms with Gasteiger partial charge in [0.1, 0.15) is 5.54 Å². The molecule has 92 valence electrons. The van der Waals surface area contributed by atoms with Gasteiger partial charge < -0.3 is 15.3 Å². The molecule has 0 aliphatic carbocycles. The predicted octanol–water partition coefficient (Wildman–Crippen LogP) is 1.17. The maximum Gasteiger partial charge on any atom is 0.238 e. The number of rotatable bonds is 3. The van der Waals surface area contributed by atoms with Crippen LogP contribution in [-0.2, 0) is 11.0 Å². The first-order valence-corrected chi connectivity index (χ1v) is 5.46. The normalized spacial score (nSPS) is 16.5. The van der Waals surface area contributed by atoms with Crippen molar-refractivity contribution in [3.63, 3.8) is 0 Å². The monoisotopic (exact) mass is 227 g/mol. The number of aromatic nitrogens is 2. The first-order chi connectivity index (χ1) is 7.21. The summed E-state index contributed by atoms with van der Waals surface area (Å²) in [7, 11) is 0. The van der Waals surface area contributed by atoms with Crippen LogP contribution in [0.1, 0.15) is 46.4 Å². The standard InChI is InChI=1S/C11H21N3O2/c1-7(2)11(12,6-15)9-14-13-8(16-9)10(3,4)5/h7,15H,6,12H2,1-5H3. The molecule has 1 aromatic rings. The summed E-state index contributed by atoms with van der Waals surface area (Å²) in [6.07, 6.45) is 0. The molecule has 0 aromatic carbocycles. The molecule has 5 heteroatoms. The van der Waals surface area contributed by atoms with Gasteiger partial charge in [-0.05, 0) is 5.92 Å². The van der Waals surface area contributed by atoms with Crippen molar-refractivity contribution in [3.8, 4) is 0 Å². The van der Waals surface area contributed by atoms with Crippen LogP contribution in [0.3, 0.4) is 0 Å². The molecule has 1 unspecified atom stereocenters. The van der Waals surface area contributed by atoms with Crippen LogP contribution in [0.5, 0.6) is 0 Å². The summed E-state index contributed by atoms with van der Waals surface area (Å²) in [4.78, 5) is 0. The Bertz CT molecular complexity index is 354. The van der Waals surface area contributed by atoms with Gasteiger partial charge in [0.15, 0.2) is 0 Å². The van der Waals surface area contributed by atoms with Crippen molar-refractivity contribution in [2.24, 2.45) is 11.7 Å². The summed E-state index contributed by atoms with van der Waals surface area (Å²) in [5.74, 6) is 0.854. The highest BCUT2D eigenvalue weighted by atomic mass is 16.4. The lowest BCUT2D eigenvalue weighted by atomic mass is 9.88. The van der Waals surface area contributed by atoms with Crippen LogP contribution in [0.2, 0.25) is 0 Å². The minimum absolute atomic E-state index is 0.0192. The predicted molar refractivity (Wildman–Crippen MR) is 60.8 cm³/mol. The number of nitrogens with two attached hydrogens (primary N) is 1. The molecule has 0 fully saturated rings. The van der Waals surface area contributed by atoms with Gasteiger partial charge in [0, 0.05) is 5.41 Å². The van der Waals surface area contributed by atoms with Crippen LogP contribution in [0.15, 0.2) is 4.42 Å². The van der Waals surface area contributed by atoms with E-state index in [1.165, 1.54) is 0 Å². The molecule has 1 heterocycles. The highest BCUT2D eigenvalue weighted by molar-refractivity contribution is 5.05. The molecule has 16 heavy (non-hydrogen) atoms. The molecular formula is C11H21N3O2. The molecule has 3 N–H and O–H groups in total. The lowest BCUT2D eigenvalue weighted by molar-refractivity contribution is 0.124. The molecule has 0 radical (unpaired) electrons. The van der Waals surface area contributed by atoms with E-state index in [1.807, 2.05) is 34.6 Å². The zero-order valence-corrected chi connectivity index (χ0v) is 10.6. The van der Waals surface area contributed by atoms with Crippen molar-refractivity contribution in [2.75, 3.05) is 6.61 Å². The SMILES string of the molecule is CC(C)C(N)(CO)c1nnc(C(C)(C)C)o1. The Kier molecular flexibility index (Phi) is 3.40. The largest absolute Gasteiger partial charge is 0.423 e. The van der Waals surface area contributed by atoms with Crippen LogP contribution in [0.4, 0.5) is 0 Å². The number of hydrogen-bond acceptors (Lipinski definition) is 5. The molecular weight excluding hydrogens is 206 g/mol. The van der Waals surface area contributed by atoms with Gasteiger partial charge in [-0.25, -0.2) is 0 Å². The van der Waals surface area contributed by atoms with E-state index >= 15 is 0 Å².